The topological polar surface area (TPSA) is 126 Å². The van der Waals surface area contributed by atoms with Crippen molar-refractivity contribution in [3.8, 4) is 0 Å². The van der Waals surface area contributed by atoms with Crippen LogP contribution in [0, 0.1) is 55.7 Å². The van der Waals surface area contributed by atoms with Crippen LogP contribution in [-0.2, 0) is 25.7 Å². The molecule has 4 fully saturated rings. The van der Waals surface area contributed by atoms with E-state index in [4.69, 9.17) is 4.74 Å². The third kappa shape index (κ3) is 5.66. The van der Waals surface area contributed by atoms with Crippen LogP contribution in [0.5, 0.6) is 0 Å². The van der Waals surface area contributed by atoms with Crippen molar-refractivity contribution in [2.24, 2.45) is 55.7 Å². The summed E-state index contributed by atoms with van der Waals surface area (Å²) in [6.45, 7) is 23.1. The van der Waals surface area contributed by atoms with Crippen molar-refractivity contribution >= 4 is 17.7 Å². The van der Waals surface area contributed by atoms with E-state index in [0.29, 0.717) is 31.3 Å². The SMILES string of the molecule is CC(C)C1=C2[C@@]([C@H](O)CNCc3ccccn3)(CC[C@]3(C)[C@]2(C)CC[C@@H]2[C@@]4(C)CC[C@H](OC(=O)CC(C)(C)C(=O)O)C(C)(C)[C@@H]4CC[C@]23C)CC1=O. The highest BCUT2D eigenvalue weighted by atomic mass is 16.5. The Morgan fingerprint density at radius 2 is 1.67 bits per heavy atom. The molecule has 8 nitrogen and oxygen atoms in total. The van der Waals surface area contributed by atoms with Crippen molar-refractivity contribution in [3.05, 3.63) is 41.2 Å². The summed E-state index contributed by atoms with van der Waals surface area (Å²) in [4.78, 5) is 43.4. The first-order chi connectivity index (χ1) is 24.1. The Labute approximate surface area is 312 Å². The van der Waals surface area contributed by atoms with Gasteiger partial charge in [-0.25, -0.2) is 0 Å². The van der Waals surface area contributed by atoms with E-state index in [-0.39, 0.29) is 51.3 Å². The zero-order valence-electron chi connectivity index (χ0n) is 33.7. The number of ether oxygens (including phenoxy) is 1. The lowest BCUT2D eigenvalue weighted by molar-refractivity contribution is -0.252. The Morgan fingerprint density at radius 3 is 2.31 bits per heavy atom. The summed E-state index contributed by atoms with van der Waals surface area (Å²) in [5.74, 6) is -0.265. The Bertz CT molecular complexity index is 1620. The molecule has 0 radical (unpaired) electrons. The molecular formula is C44H66N2O6. The molecule has 1 aromatic rings. The quantitative estimate of drug-likeness (QED) is 0.206. The number of aromatic nitrogens is 1. The van der Waals surface area contributed by atoms with Crippen molar-refractivity contribution in [3.63, 3.8) is 0 Å². The summed E-state index contributed by atoms with van der Waals surface area (Å²) in [6.07, 6.45) is 8.81. The normalized spacial score (nSPS) is 38.9. The van der Waals surface area contributed by atoms with Crippen molar-refractivity contribution in [2.45, 2.75) is 152 Å². The number of hydrogen-bond acceptors (Lipinski definition) is 7. The zero-order valence-corrected chi connectivity index (χ0v) is 33.7. The van der Waals surface area contributed by atoms with E-state index >= 15 is 0 Å². The fourth-order valence-electron chi connectivity index (χ4n) is 13.5. The molecule has 4 saturated carbocycles. The number of aliphatic hydroxyl groups is 1. The molecule has 8 heteroatoms. The van der Waals surface area contributed by atoms with Gasteiger partial charge in [-0.05, 0) is 128 Å². The highest BCUT2D eigenvalue weighted by Crippen LogP contribution is 2.80. The van der Waals surface area contributed by atoms with Gasteiger partial charge in [-0.3, -0.25) is 19.4 Å². The van der Waals surface area contributed by atoms with E-state index < -0.39 is 28.9 Å². The third-order valence-electron chi connectivity index (χ3n) is 16.6. The van der Waals surface area contributed by atoms with Gasteiger partial charge >= 0.3 is 11.9 Å². The molecule has 0 saturated heterocycles. The molecule has 0 bridgehead atoms. The lowest BCUT2D eigenvalue weighted by atomic mass is 9.29. The number of nitrogens with zero attached hydrogens (tertiary/aromatic N) is 1. The molecule has 6 rings (SSSR count). The van der Waals surface area contributed by atoms with Gasteiger partial charge < -0.3 is 20.3 Å². The minimum absolute atomic E-state index is 0.0193. The number of aliphatic hydroxyl groups excluding tert-OH is 1. The van der Waals surface area contributed by atoms with Gasteiger partial charge in [0, 0.05) is 36.5 Å². The summed E-state index contributed by atoms with van der Waals surface area (Å²) < 4.78 is 6.18. The number of Topliss-reactive ketones (excluding diaryl/α,β-unsaturated/α-hetero) is 1. The van der Waals surface area contributed by atoms with E-state index in [2.05, 4.69) is 65.7 Å². The lowest BCUT2D eigenvalue weighted by Gasteiger charge is -2.75. The smallest absolute Gasteiger partial charge is 0.309 e. The van der Waals surface area contributed by atoms with Crippen molar-refractivity contribution in [2.75, 3.05) is 6.54 Å². The van der Waals surface area contributed by atoms with Crippen LogP contribution in [0.2, 0.25) is 0 Å². The highest BCUT2D eigenvalue weighted by molar-refractivity contribution is 6.01. The first-order valence-corrected chi connectivity index (χ1v) is 20.1. The fourth-order valence-corrected chi connectivity index (χ4v) is 13.5. The van der Waals surface area contributed by atoms with E-state index in [1.54, 1.807) is 20.0 Å². The van der Waals surface area contributed by atoms with Crippen LogP contribution < -0.4 is 5.32 Å². The Hall–Kier alpha value is -2.58. The summed E-state index contributed by atoms with van der Waals surface area (Å²) in [7, 11) is 0. The van der Waals surface area contributed by atoms with Gasteiger partial charge in [-0.15, -0.1) is 0 Å². The van der Waals surface area contributed by atoms with Gasteiger partial charge in [0.15, 0.2) is 5.78 Å². The number of carbonyl (C=O) groups is 3. The maximum Gasteiger partial charge on any atom is 0.309 e. The number of nitrogens with one attached hydrogen (secondary N) is 1. The number of esters is 1. The number of carboxylic acids is 1. The van der Waals surface area contributed by atoms with Gasteiger partial charge in [-0.1, -0.05) is 61.5 Å². The Morgan fingerprint density at radius 1 is 0.981 bits per heavy atom. The molecule has 1 aromatic heterocycles. The highest BCUT2D eigenvalue weighted by Gasteiger charge is 2.74. The second kappa shape index (κ2) is 13.0. The molecule has 0 unspecified atom stereocenters. The summed E-state index contributed by atoms with van der Waals surface area (Å²) in [6, 6.07) is 5.87. The maximum atomic E-state index is 14.1. The molecule has 0 amide bonds. The van der Waals surface area contributed by atoms with Gasteiger partial charge in [0.2, 0.25) is 0 Å². The van der Waals surface area contributed by atoms with Crippen LogP contribution in [-0.4, -0.2) is 51.7 Å². The molecule has 288 valence electrons. The Balaban J connectivity index is 1.29. The largest absolute Gasteiger partial charge is 0.481 e. The van der Waals surface area contributed by atoms with Crippen LogP contribution >= 0.6 is 0 Å². The number of rotatable bonds is 10. The minimum atomic E-state index is -1.17. The van der Waals surface area contributed by atoms with Gasteiger partial charge in [0.25, 0.3) is 0 Å². The van der Waals surface area contributed by atoms with E-state index in [9.17, 15) is 24.6 Å². The number of aliphatic carboxylic acids is 1. The number of fused-ring (bicyclic) bond motifs is 7. The lowest BCUT2D eigenvalue weighted by Crippen LogP contribution is -2.69. The molecule has 5 aliphatic carbocycles. The molecule has 3 N–H and O–H groups in total. The average molecular weight is 719 g/mol. The van der Waals surface area contributed by atoms with E-state index in [0.717, 1.165) is 62.6 Å². The molecule has 0 aromatic carbocycles. The van der Waals surface area contributed by atoms with Gasteiger partial charge in [0.05, 0.1) is 23.6 Å². The van der Waals surface area contributed by atoms with E-state index in [1.165, 1.54) is 5.57 Å². The van der Waals surface area contributed by atoms with Crippen molar-refractivity contribution in [1.29, 1.82) is 0 Å². The number of carboxylic acid groups (broad SMARTS) is 1. The van der Waals surface area contributed by atoms with Gasteiger partial charge in [0.1, 0.15) is 6.10 Å². The van der Waals surface area contributed by atoms with Crippen LogP contribution in [0.4, 0.5) is 0 Å². The first-order valence-electron chi connectivity index (χ1n) is 20.1. The molecule has 5 aliphatic rings. The number of hydrogen-bond donors (Lipinski definition) is 3. The van der Waals surface area contributed by atoms with E-state index in [1.807, 2.05) is 18.2 Å². The predicted molar refractivity (Wildman–Crippen MR) is 202 cm³/mol. The number of pyridine rings is 1. The second-order valence-corrected chi connectivity index (χ2v) is 20.1. The third-order valence-corrected chi connectivity index (χ3v) is 16.6. The summed E-state index contributed by atoms with van der Waals surface area (Å²) >= 11 is 0. The van der Waals surface area contributed by atoms with Crippen molar-refractivity contribution < 1.29 is 29.3 Å². The molecule has 1 heterocycles. The molecular weight excluding hydrogens is 652 g/mol. The zero-order chi connectivity index (χ0) is 38.3. The fraction of sp³-hybridized carbons (Fsp3) is 0.773. The summed E-state index contributed by atoms with van der Waals surface area (Å²) in [5.41, 5.74) is 0.971. The molecule has 9 atom stereocenters. The number of carbonyl (C=O) groups excluding carboxylic acids is 2. The molecule has 52 heavy (non-hydrogen) atoms. The predicted octanol–water partition coefficient (Wildman–Crippen LogP) is 8.32. The number of allylic oxidation sites excluding steroid dienone is 1. The van der Waals surface area contributed by atoms with Crippen LogP contribution in [0.3, 0.4) is 0 Å². The molecule has 0 aliphatic heterocycles. The van der Waals surface area contributed by atoms with Crippen LogP contribution in [0.25, 0.3) is 0 Å². The molecule has 0 spiro atoms. The van der Waals surface area contributed by atoms with Gasteiger partial charge in [-0.2, -0.15) is 0 Å². The number of ketones is 1. The maximum absolute atomic E-state index is 14.1. The monoisotopic (exact) mass is 718 g/mol. The standard InChI is InChI=1S/C44H66N2O6/c1-27(2)35-29(47)23-44(32(48)26-45-25-28-13-11-12-22-46-28)21-20-43(10)41(8)18-14-30-39(5,6)33(52-34(49)24-38(3,4)37(50)51)16-17-40(30,7)31(41)15-19-42(43,9)36(35)44/h11-13,22,27,30-33,45,48H,14-21,23-26H2,1-10H3,(H,50,51)/t30-,31+,32+,33-,40-,41+,42+,43-,44-/m0/s1. The van der Waals surface area contributed by atoms with Crippen molar-refractivity contribution in [1.82, 2.24) is 10.3 Å². The van der Waals surface area contributed by atoms with Crippen LogP contribution in [0.1, 0.15) is 139 Å². The second-order valence-electron chi connectivity index (χ2n) is 20.1. The van der Waals surface area contributed by atoms with Crippen LogP contribution in [0.15, 0.2) is 35.5 Å². The first kappa shape index (κ1) is 39.1. The Kier molecular flexibility index (Phi) is 9.80. The minimum Gasteiger partial charge on any atom is -0.481 e. The summed E-state index contributed by atoms with van der Waals surface area (Å²) in [5, 5.41) is 25.3. The average Bonchev–Trinajstić information content (AvgIpc) is 3.38.